The number of methoxy groups -OCH3 is 2. The zero-order chi connectivity index (χ0) is 23.7. The Kier molecular flexibility index (Phi) is 5.75. The van der Waals surface area contributed by atoms with Gasteiger partial charge in [0.05, 0.1) is 19.9 Å². The van der Waals surface area contributed by atoms with Crippen LogP contribution in [0.2, 0.25) is 0 Å². The number of halogens is 1. The van der Waals surface area contributed by atoms with Crippen molar-refractivity contribution in [3.05, 3.63) is 77.4 Å². The van der Waals surface area contributed by atoms with Crippen LogP contribution in [0.5, 0.6) is 11.5 Å². The number of ether oxygens (including phenoxy) is 3. The minimum absolute atomic E-state index is 0.216. The fraction of sp³-hybridized carbons (Fsp3) is 0.240. The van der Waals surface area contributed by atoms with E-state index in [1.165, 1.54) is 25.3 Å². The fourth-order valence-corrected chi connectivity index (χ4v) is 4.12. The van der Waals surface area contributed by atoms with E-state index in [4.69, 9.17) is 18.6 Å². The second kappa shape index (κ2) is 9.01. The number of rotatable bonds is 6. The van der Waals surface area contributed by atoms with E-state index in [-0.39, 0.29) is 19.0 Å². The van der Waals surface area contributed by atoms with Gasteiger partial charge in [-0.25, -0.2) is 9.18 Å². The number of hydrogen-bond donors (Lipinski definition) is 0. The van der Waals surface area contributed by atoms with E-state index < -0.39 is 17.8 Å². The van der Waals surface area contributed by atoms with E-state index in [1.54, 1.807) is 18.2 Å². The molecule has 0 unspecified atom stereocenters. The highest BCUT2D eigenvalue weighted by Crippen LogP contribution is 2.40. The largest absolute Gasteiger partial charge is 0.493 e. The molecule has 34 heavy (non-hydrogen) atoms. The number of carbonyl (C=O) groups excluding carboxylic acids is 1. The molecule has 8 nitrogen and oxygen atoms in total. The first-order valence-corrected chi connectivity index (χ1v) is 10.7. The molecule has 1 atom stereocenters. The maximum absolute atomic E-state index is 13.7. The summed E-state index contributed by atoms with van der Waals surface area (Å²) in [5.41, 5.74) is 3.33. The van der Waals surface area contributed by atoms with Gasteiger partial charge in [-0.2, -0.15) is 4.98 Å². The monoisotopic (exact) mass is 463 g/mol. The molecule has 2 aromatic carbocycles. The maximum atomic E-state index is 13.7. The number of carbonyl (C=O) groups is 1. The van der Waals surface area contributed by atoms with Crippen molar-refractivity contribution < 1.29 is 27.8 Å². The third-order valence-corrected chi connectivity index (χ3v) is 5.80. The van der Waals surface area contributed by atoms with Crippen molar-refractivity contribution >= 4 is 23.1 Å². The van der Waals surface area contributed by atoms with E-state index in [0.717, 1.165) is 16.8 Å². The number of aromatic nitrogens is 2. The highest BCUT2D eigenvalue weighted by atomic mass is 19.1. The molecule has 174 valence electrons. The first kappa shape index (κ1) is 21.7. The molecule has 0 saturated carbocycles. The average Bonchev–Trinajstić information content (AvgIpc) is 3.29. The summed E-state index contributed by atoms with van der Waals surface area (Å²) in [6.45, 7) is 0.561. The SMILES string of the molecule is COC(=O)[C@@H]1Cc2c(ccc(OC)c2OCc2ccccn2)CN1c1nc2ccc(F)cc2o1. The first-order valence-electron chi connectivity index (χ1n) is 10.7. The van der Waals surface area contributed by atoms with Crippen molar-refractivity contribution in [1.82, 2.24) is 9.97 Å². The summed E-state index contributed by atoms with van der Waals surface area (Å²) in [5, 5.41) is 0. The Morgan fingerprint density at radius 2 is 2.09 bits per heavy atom. The molecule has 3 heterocycles. The predicted octanol–water partition coefficient (Wildman–Crippen LogP) is 4.05. The highest BCUT2D eigenvalue weighted by molar-refractivity contribution is 5.82. The Balaban J connectivity index is 1.53. The smallest absolute Gasteiger partial charge is 0.329 e. The van der Waals surface area contributed by atoms with Gasteiger partial charge in [0.1, 0.15) is 24.0 Å². The van der Waals surface area contributed by atoms with Crippen LogP contribution in [0.25, 0.3) is 11.1 Å². The molecule has 1 aliphatic heterocycles. The Morgan fingerprint density at radius 1 is 1.21 bits per heavy atom. The summed E-state index contributed by atoms with van der Waals surface area (Å²) in [5.74, 6) is 0.242. The summed E-state index contributed by atoms with van der Waals surface area (Å²) in [6, 6.07) is 13.0. The van der Waals surface area contributed by atoms with E-state index in [2.05, 4.69) is 9.97 Å². The molecule has 0 spiro atoms. The second-order valence-corrected chi connectivity index (χ2v) is 7.82. The number of oxazole rings is 1. The number of anilines is 1. The molecule has 0 radical (unpaired) electrons. The lowest BCUT2D eigenvalue weighted by Gasteiger charge is -2.35. The topological polar surface area (TPSA) is 86.9 Å². The second-order valence-electron chi connectivity index (χ2n) is 7.82. The molecular weight excluding hydrogens is 441 g/mol. The van der Waals surface area contributed by atoms with Crippen molar-refractivity contribution in [1.29, 1.82) is 0 Å². The van der Waals surface area contributed by atoms with Gasteiger partial charge in [0.25, 0.3) is 6.01 Å². The molecular formula is C25H22FN3O5. The van der Waals surface area contributed by atoms with Crippen molar-refractivity contribution in [2.75, 3.05) is 19.1 Å². The van der Waals surface area contributed by atoms with Crippen LogP contribution in [0.1, 0.15) is 16.8 Å². The third-order valence-electron chi connectivity index (χ3n) is 5.80. The van der Waals surface area contributed by atoms with Gasteiger partial charge in [0.2, 0.25) is 0 Å². The van der Waals surface area contributed by atoms with Gasteiger partial charge in [-0.3, -0.25) is 4.98 Å². The summed E-state index contributed by atoms with van der Waals surface area (Å²) in [4.78, 5) is 23.3. The van der Waals surface area contributed by atoms with Gasteiger partial charge in [-0.05, 0) is 35.9 Å². The molecule has 0 fully saturated rings. The van der Waals surface area contributed by atoms with Crippen molar-refractivity contribution in [3.8, 4) is 11.5 Å². The molecule has 0 N–H and O–H groups in total. The van der Waals surface area contributed by atoms with Gasteiger partial charge in [0, 0.05) is 30.8 Å². The molecule has 4 aromatic rings. The summed E-state index contributed by atoms with van der Waals surface area (Å²) in [6.07, 6.45) is 1.98. The van der Waals surface area contributed by atoms with Crippen LogP contribution in [0, 0.1) is 5.82 Å². The maximum Gasteiger partial charge on any atom is 0.329 e. The zero-order valence-electron chi connectivity index (χ0n) is 18.7. The van der Waals surface area contributed by atoms with Crippen molar-refractivity contribution in [2.24, 2.45) is 0 Å². The third kappa shape index (κ3) is 4.00. The summed E-state index contributed by atoms with van der Waals surface area (Å²) in [7, 11) is 2.90. The summed E-state index contributed by atoms with van der Waals surface area (Å²) >= 11 is 0. The number of nitrogens with zero attached hydrogens (tertiary/aromatic N) is 3. The number of benzene rings is 2. The van der Waals surface area contributed by atoms with Crippen LogP contribution in [-0.4, -0.2) is 36.2 Å². The Morgan fingerprint density at radius 3 is 2.85 bits per heavy atom. The van der Waals surface area contributed by atoms with Gasteiger partial charge in [0.15, 0.2) is 17.1 Å². The lowest BCUT2D eigenvalue weighted by molar-refractivity contribution is -0.142. The molecule has 0 aliphatic carbocycles. The predicted molar refractivity (Wildman–Crippen MR) is 121 cm³/mol. The van der Waals surface area contributed by atoms with E-state index in [0.29, 0.717) is 29.1 Å². The van der Waals surface area contributed by atoms with E-state index in [9.17, 15) is 9.18 Å². The quantitative estimate of drug-likeness (QED) is 0.396. The van der Waals surface area contributed by atoms with Gasteiger partial charge in [-0.1, -0.05) is 12.1 Å². The van der Waals surface area contributed by atoms with E-state index in [1.807, 2.05) is 30.3 Å². The molecule has 5 rings (SSSR count). The fourth-order valence-electron chi connectivity index (χ4n) is 4.12. The van der Waals surface area contributed by atoms with Crippen LogP contribution in [-0.2, 0) is 29.1 Å². The number of fused-ring (bicyclic) bond motifs is 2. The van der Waals surface area contributed by atoms with Crippen LogP contribution < -0.4 is 14.4 Å². The lowest BCUT2D eigenvalue weighted by atomic mass is 9.92. The highest BCUT2D eigenvalue weighted by Gasteiger charge is 2.37. The van der Waals surface area contributed by atoms with Crippen LogP contribution in [0.3, 0.4) is 0 Å². The van der Waals surface area contributed by atoms with Crippen LogP contribution in [0.4, 0.5) is 10.4 Å². The van der Waals surface area contributed by atoms with Crippen LogP contribution >= 0.6 is 0 Å². The zero-order valence-corrected chi connectivity index (χ0v) is 18.7. The Hall–Kier alpha value is -4.14. The van der Waals surface area contributed by atoms with Crippen LogP contribution in [0.15, 0.2) is 59.1 Å². The number of hydrogen-bond acceptors (Lipinski definition) is 8. The Labute approximate surface area is 194 Å². The summed E-state index contributed by atoms with van der Waals surface area (Å²) < 4.78 is 36.2. The van der Waals surface area contributed by atoms with Crippen molar-refractivity contribution in [2.45, 2.75) is 25.6 Å². The number of esters is 1. The first-order chi connectivity index (χ1) is 16.6. The van der Waals surface area contributed by atoms with Gasteiger partial charge in [-0.15, -0.1) is 0 Å². The van der Waals surface area contributed by atoms with E-state index >= 15 is 0 Å². The number of pyridine rings is 1. The molecule has 1 aliphatic rings. The standard InChI is InChI=1S/C25H22FN3O5/c1-31-21-9-6-15-13-29(25-28-19-8-7-16(26)11-22(19)34-25)20(24(30)32-2)12-18(15)23(21)33-14-17-5-3-4-10-27-17/h3-11,20H,12-14H2,1-2H3/t20-/m0/s1. The molecule has 0 amide bonds. The van der Waals surface area contributed by atoms with Crippen molar-refractivity contribution in [3.63, 3.8) is 0 Å². The Bertz CT molecular complexity index is 1340. The normalized spacial score (nSPS) is 15.1. The molecule has 0 saturated heterocycles. The molecule has 2 aromatic heterocycles. The lowest BCUT2D eigenvalue weighted by Crippen LogP contribution is -2.46. The van der Waals surface area contributed by atoms with Gasteiger partial charge < -0.3 is 23.5 Å². The van der Waals surface area contributed by atoms with Gasteiger partial charge >= 0.3 is 5.97 Å². The minimum atomic E-state index is -0.722. The average molecular weight is 463 g/mol. The molecule has 9 heteroatoms. The molecule has 0 bridgehead atoms. The minimum Gasteiger partial charge on any atom is -0.493 e.